The minimum absolute atomic E-state index is 0.0883. The second-order valence-corrected chi connectivity index (χ2v) is 7.87. The van der Waals surface area contributed by atoms with Crippen molar-refractivity contribution < 1.29 is 14.6 Å². The number of Topliss-reactive ketones (excluding diaryl/α,β-unsaturated/α-hetero) is 1. The molecule has 21 heavy (non-hydrogen) atoms. The SMILES string of the molecule is CC(C)(C)CC(C)(C)OOC(C)(C)C(=O)c1ccccc1. The molecule has 0 atom stereocenters. The van der Waals surface area contributed by atoms with Gasteiger partial charge in [-0.05, 0) is 39.5 Å². The zero-order valence-corrected chi connectivity index (χ0v) is 14.3. The smallest absolute Gasteiger partial charge is 0.197 e. The molecule has 0 radical (unpaired) electrons. The average Bonchev–Trinajstić information content (AvgIpc) is 2.34. The summed E-state index contributed by atoms with van der Waals surface area (Å²) in [6.07, 6.45) is 0.829. The molecular formula is C18H28O3. The lowest BCUT2D eigenvalue weighted by Crippen LogP contribution is -2.40. The van der Waals surface area contributed by atoms with Crippen molar-refractivity contribution in [3.63, 3.8) is 0 Å². The van der Waals surface area contributed by atoms with E-state index >= 15 is 0 Å². The lowest BCUT2D eigenvalue weighted by atomic mass is 9.84. The Labute approximate surface area is 128 Å². The van der Waals surface area contributed by atoms with E-state index in [1.54, 1.807) is 26.0 Å². The maximum Gasteiger partial charge on any atom is 0.197 e. The van der Waals surface area contributed by atoms with Crippen molar-refractivity contribution in [2.75, 3.05) is 0 Å². The van der Waals surface area contributed by atoms with Crippen LogP contribution in [0.25, 0.3) is 0 Å². The van der Waals surface area contributed by atoms with Crippen LogP contribution in [0.1, 0.15) is 65.2 Å². The second-order valence-electron chi connectivity index (χ2n) is 7.87. The molecule has 1 aromatic rings. The van der Waals surface area contributed by atoms with Crippen molar-refractivity contribution >= 4 is 5.78 Å². The van der Waals surface area contributed by atoms with E-state index in [4.69, 9.17) is 9.78 Å². The molecular weight excluding hydrogens is 264 g/mol. The van der Waals surface area contributed by atoms with E-state index in [0.717, 1.165) is 6.42 Å². The fourth-order valence-electron chi connectivity index (χ4n) is 2.50. The van der Waals surface area contributed by atoms with Gasteiger partial charge < -0.3 is 0 Å². The number of rotatable bonds is 6. The van der Waals surface area contributed by atoms with Gasteiger partial charge in [-0.15, -0.1) is 0 Å². The molecule has 0 saturated carbocycles. The molecule has 0 aliphatic carbocycles. The van der Waals surface area contributed by atoms with Crippen LogP contribution in [0.15, 0.2) is 30.3 Å². The van der Waals surface area contributed by atoms with Crippen molar-refractivity contribution in [2.24, 2.45) is 5.41 Å². The molecule has 0 amide bonds. The average molecular weight is 292 g/mol. The minimum Gasteiger partial charge on any atom is -0.291 e. The van der Waals surface area contributed by atoms with Gasteiger partial charge in [-0.25, -0.2) is 9.78 Å². The predicted molar refractivity (Wildman–Crippen MR) is 85.2 cm³/mol. The summed E-state index contributed by atoms with van der Waals surface area (Å²) in [7, 11) is 0. The van der Waals surface area contributed by atoms with Crippen LogP contribution in [-0.4, -0.2) is 17.0 Å². The lowest BCUT2D eigenvalue weighted by molar-refractivity contribution is -0.391. The van der Waals surface area contributed by atoms with Crippen LogP contribution >= 0.6 is 0 Å². The number of carbonyl (C=O) groups excluding carboxylic acids is 1. The van der Waals surface area contributed by atoms with Crippen molar-refractivity contribution in [1.29, 1.82) is 0 Å². The number of ketones is 1. The maximum absolute atomic E-state index is 12.5. The number of hydrogen-bond donors (Lipinski definition) is 0. The zero-order valence-electron chi connectivity index (χ0n) is 14.3. The summed E-state index contributed by atoms with van der Waals surface area (Å²) in [4.78, 5) is 23.6. The first kappa shape index (κ1) is 17.9. The molecule has 0 saturated heterocycles. The minimum atomic E-state index is -1.02. The highest BCUT2D eigenvalue weighted by atomic mass is 17.2. The summed E-state index contributed by atoms with van der Waals surface area (Å²) in [6.45, 7) is 13.9. The van der Waals surface area contributed by atoms with E-state index in [0.29, 0.717) is 5.56 Å². The van der Waals surface area contributed by atoms with Crippen molar-refractivity contribution in [2.45, 2.75) is 66.1 Å². The quantitative estimate of drug-likeness (QED) is 0.429. The van der Waals surface area contributed by atoms with Crippen LogP contribution in [0.5, 0.6) is 0 Å². The maximum atomic E-state index is 12.5. The zero-order chi connectivity index (χ0) is 16.3. The Morgan fingerprint density at radius 1 is 0.905 bits per heavy atom. The molecule has 0 spiro atoms. The van der Waals surface area contributed by atoms with Crippen LogP contribution in [-0.2, 0) is 9.78 Å². The van der Waals surface area contributed by atoms with Crippen molar-refractivity contribution in [1.82, 2.24) is 0 Å². The van der Waals surface area contributed by atoms with Gasteiger partial charge in [0.15, 0.2) is 11.4 Å². The first-order chi connectivity index (χ1) is 9.43. The largest absolute Gasteiger partial charge is 0.291 e. The van der Waals surface area contributed by atoms with Gasteiger partial charge in [0.25, 0.3) is 0 Å². The number of carbonyl (C=O) groups is 1. The third-order valence-corrected chi connectivity index (χ3v) is 3.01. The van der Waals surface area contributed by atoms with Gasteiger partial charge in [0.05, 0.1) is 5.60 Å². The molecule has 0 heterocycles. The molecule has 0 aromatic heterocycles. The van der Waals surface area contributed by atoms with E-state index in [1.807, 2.05) is 32.0 Å². The first-order valence-electron chi connectivity index (χ1n) is 7.40. The van der Waals surface area contributed by atoms with E-state index in [2.05, 4.69) is 20.8 Å². The van der Waals surface area contributed by atoms with Crippen molar-refractivity contribution in [3.05, 3.63) is 35.9 Å². The first-order valence-corrected chi connectivity index (χ1v) is 7.40. The normalized spacial score (nSPS) is 13.3. The topological polar surface area (TPSA) is 35.5 Å². The Bertz CT molecular complexity index is 467. The van der Waals surface area contributed by atoms with Gasteiger partial charge in [0.1, 0.15) is 0 Å². The van der Waals surface area contributed by atoms with Crippen LogP contribution in [0.3, 0.4) is 0 Å². The monoisotopic (exact) mass is 292 g/mol. The second kappa shape index (κ2) is 6.29. The molecule has 0 fully saturated rings. The molecule has 1 rings (SSSR count). The Morgan fingerprint density at radius 2 is 1.43 bits per heavy atom. The Hall–Kier alpha value is -1.19. The van der Waals surface area contributed by atoms with Gasteiger partial charge in [-0.2, -0.15) is 0 Å². The molecule has 0 unspecified atom stereocenters. The van der Waals surface area contributed by atoms with Gasteiger partial charge in [0.2, 0.25) is 0 Å². The predicted octanol–water partition coefficient (Wildman–Crippen LogP) is 4.81. The number of hydrogen-bond acceptors (Lipinski definition) is 3. The highest BCUT2D eigenvalue weighted by molar-refractivity contribution is 6.01. The highest BCUT2D eigenvalue weighted by Gasteiger charge is 2.35. The fourth-order valence-corrected chi connectivity index (χ4v) is 2.50. The van der Waals surface area contributed by atoms with Gasteiger partial charge in [-0.3, -0.25) is 4.79 Å². The Kier molecular flexibility index (Phi) is 5.35. The standard InChI is InChI=1S/C18H28O3/c1-16(2,3)13-17(4,5)20-21-18(6,7)15(19)14-11-9-8-10-12-14/h8-12H,13H2,1-7H3. The lowest BCUT2D eigenvalue weighted by Gasteiger charge is -2.34. The van der Waals surface area contributed by atoms with Crippen LogP contribution < -0.4 is 0 Å². The third-order valence-electron chi connectivity index (χ3n) is 3.01. The van der Waals surface area contributed by atoms with Crippen LogP contribution in [0, 0.1) is 5.41 Å². The van der Waals surface area contributed by atoms with Crippen LogP contribution in [0.4, 0.5) is 0 Å². The van der Waals surface area contributed by atoms with E-state index in [-0.39, 0.29) is 11.2 Å². The molecule has 3 heteroatoms. The van der Waals surface area contributed by atoms with Gasteiger partial charge in [-0.1, -0.05) is 51.1 Å². The molecule has 1 aromatic carbocycles. The molecule has 0 aliphatic heterocycles. The summed E-state index contributed by atoms with van der Waals surface area (Å²) in [6, 6.07) is 9.14. The molecule has 3 nitrogen and oxygen atoms in total. The molecule has 0 bridgehead atoms. The number of benzene rings is 1. The van der Waals surface area contributed by atoms with Gasteiger partial charge >= 0.3 is 0 Å². The molecule has 118 valence electrons. The summed E-state index contributed by atoms with van der Waals surface area (Å²) in [5.41, 5.74) is -0.719. The highest BCUT2D eigenvalue weighted by Crippen LogP contribution is 2.31. The fraction of sp³-hybridized carbons (Fsp3) is 0.611. The molecule has 0 aliphatic rings. The van der Waals surface area contributed by atoms with E-state index in [1.165, 1.54) is 0 Å². The third kappa shape index (κ3) is 5.98. The summed E-state index contributed by atoms with van der Waals surface area (Å²) >= 11 is 0. The Balaban J connectivity index is 2.71. The summed E-state index contributed by atoms with van der Waals surface area (Å²) in [5, 5.41) is 0. The van der Waals surface area contributed by atoms with E-state index in [9.17, 15) is 4.79 Å². The summed E-state index contributed by atoms with van der Waals surface area (Å²) < 4.78 is 0. The van der Waals surface area contributed by atoms with Crippen molar-refractivity contribution in [3.8, 4) is 0 Å². The molecule has 0 N–H and O–H groups in total. The summed E-state index contributed by atoms with van der Waals surface area (Å²) in [5.74, 6) is -0.0883. The Morgan fingerprint density at radius 3 is 1.90 bits per heavy atom. The van der Waals surface area contributed by atoms with Crippen LogP contribution in [0.2, 0.25) is 0 Å². The van der Waals surface area contributed by atoms with E-state index < -0.39 is 11.2 Å². The van der Waals surface area contributed by atoms with Gasteiger partial charge in [0, 0.05) is 5.56 Å².